The van der Waals surface area contributed by atoms with E-state index in [1.54, 1.807) is 0 Å². The second kappa shape index (κ2) is 8.98. The van der Waals surface area contributed by atoms with Crippen molar-refractivity contribution in [3.8, 4) is 0 Å². The fourth-order valence-electron chi connectivity index (χ4n) is 1.97. The van der Waals surface area contributed by atoms with E-state index in [1.807, 2.05) is 0 Å². The van der Waals surface area contributed by atoms with Gasteiger partial charge >= 0.3 is 137 Å². The van der Waals surface area contributed by atoms with E-state index in [-0.39, 0.29) is 30.4 Å². The molecule has 22 heavy (non-hydrogen) atoms. The third kappa shape index (κ3) is 7.27. The van der Waals surface area contributed by atoms with Gasteiger partial charge in [-0.3, -0.25) is 0 Å². The van der Waals surface area contributed by atoms with E-state index in [4.69, 9.17) is 4.43 Å². The first-order chi connectivity index (χ1) is 8.94. The van der Waals surface area contributed by atoms with Crippen molar-refractivity contribution in [1.29, 1.82) is 0 Å². The van der Waals surface area contributed by atoms with Crippen LogP contribution in [0, 0.1) is 0 Å². The number of hydrogen-bond acceptors (Lipinski definition) is 2. The summed E-state index contributed by atoms with van der Waals surface area (Å²) in [4.78, 5) is 0. The van der Waals surface area contributed by atoms with Gasteiger partial charge in [0.05, 0.1) is 0 Å². The molecule has 1 N–H and O–H groups in total. The molecule has 0 spiro atoms. The first-order valence-electron chi connectivity index (χ1n) is 7.30. The number of nitrogens with one attached hydrogen (secondary N) is 1. The molecule has 2 nitrogen and oxygen atoms in total. The van der Waals surface area contributed by atoms with Crippen molar-refractivity contribution < 1.29 is 49.7 Å². The van der Waals surface area contributed by atoms with Gasteiger partial charge in [-0.1, -0.05) is 0 Å². The van der Waals surface area contributed by atoms with E-state index in [1.165, 1.54) is 20.7 Å². The van der Waals surface area contributed by atoms with Gasteiger partial charge < -0.3 is 24.8 Å². The van der Waals surface area contributed by atoms with Crippen molar-refractivity contribution in [2.75, 3.05) is 0 Å². The molecule has 0 atom stereocenters. The molecule has 0 saturated heterocycles. The Bertz CT molecular complexity index is 485. The molecule has 0 radical (unpaired) electrons. The summed E-state index contributed by atoms with van der Waals surface area (Å²) < 4.78 is 7.61. The predicted octanol–water partition coefficient (Wildman–Crippen LogP) is -1.38. The molecule has 0 unspecified atom stereocenters. The summed E-state index contributed by atoms with van der Waals surface area (Å²) in [7, 11) is -1.61. The van der Waals surface area contributed by atoms with Crippen molar-refractivity contribution in [1.82, 2.24) is 5.32 Å². The molecule has 0 bridgehead atoms. The molecule has 6 heteroatoms. The zero-order chi connectivity index (χ0) is 15.7. The van der Waals surface area contributed by atoms with Gasteiger partial charge in [-0.05, 0) is 0 Å². The van der Waals surface area contributed by atoms with Crippen LogP contribution in [0.25, 0.3) is 0 Å². The van der Waals surface area contributed by atoms with Gasteiger partial charge in [-0.2, -0.15) is 0 Å². The minimum absolute atomic E-state index is 0. The first kappa shape index (κ1) is 24.6. The van der Waals surface area contributed by atoms with Crippen molar-refractivity contribution in [2.45, 2.75) is 66.2 Å². The topological polar surface area (TPSA) is 21.3 Å². The van der Waals surface area contributed by atoms with Crippen molar-refractivity contribution in [3.63, 3.8) is 0 Å². The molecule has 1 aliphatic carbocycles. The third-order valence-corrected chi connectivity index (χ3v) is 4.59. The Morgan fingerprint density at radius 2 is 1.73 bits per heavy atom. The predicted molar refractivity (Wildman–Crippen MR) is 85.4 cm³/mol. The van der Waals surface area contributed by atoms with Crippen LogP contribution in [0.2, 0.25) is 19.6 Å². The van der Waals surface area contributed by atoms with Crippen molar-refractivity contribution in [2.24, 2.45) is 0 Å². The Labute approximate surface area is 161 Å². The van der Waals surface area contributed by atoms with Crippen molar-refractivity contribution >= 4 is 8.32 Å². The molecule has 0 aromatic rings. The maximum absolute atomic E-state index is 6.30. The Morgan fingerprint density at radius 3 is 2.09 bits per heavy atom. The van der Waals surface area contributed by atoms with Crippen LogP contribution >= 0.6 is 0 Å². The van der Waals surface area contributed by atoms with E-state index in [0.29, 0.717) is 0 Å². The third-order valence-electron chi connectivity index (χ3n) is 2.95. The first-order valence-corrected chi connectivity index (χ1v) is 11.5. The van der Waals surface area contributed by atoms with E-state index in [0.717, 1.165) is 12.2 Å². The maximum atomic E-state index is 6.30. The van der Waals surface area contributed by atoms with E-state index in [9.17, 15) is 0 Å². The smallest absolute Gasteiger partial charge is 1.00 e. The maximum Gasteiger partial charge on any atom is -1.00 e. The van der Waals surface area contributed by atoms with Crippen LogP contribution in [0.4, 0.5) is 0 Å². The minimum atomic E-state index is -1.61. The summed E-state index contributed by atoms with van der Waals surface area (Å²) in [5.74, 6) is 1.03. The molecule has 1 aliphatic rings. The number of halogens is 2. The molecule has 1 rings (SSSR count). The zero-order valence-corrected chi connectivity index (χ0v) is 19.0. The van der Waals surface area contributed by atoms with Crippen LogP contribution < -0.4 is 30.1 Å². The van der Waals surface area contributed by atoms with E-state index in [2.05, 4.69) is 86.1 Å². The van der Waals surface area contributed by atoms with Gasteiger partial charge in [-0.15, -0.1) is 0 Å². The Balaban J connectivity index is 0. The summed E-state index contributed by atoms with van der Waals surface area (Å²) in [6, 6.07) is 0. The van der Waals surface area contributed by atoms with Gasteiger partial charge in [0.2, 0.25) is 0 Å². The molecule has 125 valence electrons. The fraction of sp³-hybridized carbons (Fsp3) is 0.625. The molecule has 0 saturated carbocycles. The van der Waals surface area contributed by atoms with Gasteiger partial charge in [-0.25, -0.2) is 0 Å². The number of allylic oxidation sites excluding steroid dienone is 4. The largest absolute Gasteiger partial charge is 1.00 e. The van der Waals surface area contributed by atoms with Gasteiger partial charge in [0.25, 0.3) is 0 Å². The molecule has 0 amide bonds. The Morgan fingerprint density at radius 1 is 1.23 bits per heavy atom. The van der Waals surface area contributed by atoms with Crippen LogP contribution in [0.1, 0.15) is 41.0 Å². The summed E-state index contributed by atoms with van der Waals surface area (Å²) in [5.41, 5.74) is 3.97. The van der Waals surface area contributed by atoms with Gasteiger partial charge in [0, 0.05) is 0 Å². The summed E-state index contributed by atoms with van der Waals surface area (Å²) in [5, 5.41) is 3.62. The van der Waals surface area contributed by atoms with E-state index >= 15 is 0 Å². The van der Waals surface area contributed by atoms with Crippen LogP contribution in [0.3, 0.4) is 0 Å². The van der Waals surface area contributed by atoms with Crippen LogP contribution in [0.5, 0.6) is 0 Å². The molecular formula is C16H28Cl2NOSiTi. The Kier molecular flexibility index (Phi) is 10.0. The monoisotopic (exact) mass is 396 g/mol. The van der Waals surface area contributed by atoms with Gasteiger partial charge in [0.1, 0.15) is 0 Å². The number of hydrogen-bond donors (Lipinski definition) is 1. The average Bonchev–Trinajstić information content (AvgIpc) is 2.52. The normalized spacial score (nSPS) is 17.5. The summed E-state index contributed by atoms with van der Waals surface area (Å²) in [6.45, 7) is 17.7. The molecule has 0 aromatic carbocycles. The number of rotatable bonds is 4. The van der Waals surface area contributed by atoms with Crippen molar-refractivity contribution in [3.05, 3.63) is 32.6 Å². The fourth-order valence-corrected chi connectivity index (χ4v) is 3.53. The molecule has 0 aromatic heterocycles. The Hall–Kier alpha value is 0.331. The molecule has 0 fully saturated rings. The SMILES string of the molecule is CCC(C)=C1C=C(O[Si](C)(C)C)C(NC(C)(C)C)=[C]1[Ti+2].[Cl-].[Cl-]. The zero-order valence-electron chi connectivity index (χ0n) is 14.9. The quantitative estimate of drug-likeness (QED) is 0.591. The minimum Gasteiger partial charge on any atom is -1.00 e. The second-order valence-corrected chi connectivity index (χ2v) is 12.6. The van der Waals surface area contributed by atoms with Crippen LogP contribution in [-0.4, -0.2) is 13.9 Å². The van der Waals surface area contributed by atoms with Crippen LogP contribution in [-0.2, 0) is 24.9 Å². The molecular weight excluding hydrogens is 369 g/mol. The summed E-state index contributed by atoms with van der Waals surface area (Å²) >= 11 is 2.19. The van der Waals surface area contributed by atoms with E-state index < -0.39 is 8.32 Å². The second-order valence-electron chi connectivity index (χ2n) is 7.40. The summed E-state index contributed by atoms with van der Waals surface area (Å²) in [6.07, 6.45) is 3.30. The molecule has 0 aliphatic heterocycles. The van der Waals surface area contributed by atoms with Gasteiger partial charge in [0.15, 0.2) is 0 Å². The van der Waals surface area contributed by atoms with Crippen LogP contribution in [0.15, 0.2) is 32.6 Å². The molecule has 0 heterocycles. The average molecular weight is 397 g/mol. The standard InChI is InChI=1S/C16H28NOSi.2ClH.Ti/c1-9-12(2)13-10-14(17-16(3,4)5)15(11-13)18-19(6,7)8;;;/h11,17H,9H2,1-8H3;2*1H;/q;;;+2/p-2.